The highest BCUT2D eigenvalue weighted by atomic mass is 16.5. The zero-order chi connectivity index (χ0) is 22.2. The Bertz CT molecular complexity index is 1180. The normalized spacial score (nSPS) is 10.9. The van der Waals surface area contributed by atoms with Crippen LogP contribution in [0.4, 0.5) is 0 Å². The Labute approximate surface area is 186 Å². The maximum Gasteiger partial charge on any atom is 0.185 e. The number of hydrogen-bond acceptors (Lipinski definition) is 5. The first kappa shape index (κ1) is 21.1. The van der Waals surface area contributed by atoms with Crippen molar-refractivity contribution in [3.05, 3.63) is 114 Å². The van der Waals surface area contributed by atoms with Crippen molar-refractivity contribution in [2.24, 2.45) is 0 Å². The zero-order valence-corrected chi connectivity index (χ0v) is 17.7. The first-order chi connectivity index (χ1) is 15.7. The van der Waals surface area contributed by atoms with Crippen molar-refractivity contribution in [1.29, 1.82) is 0 Å². The van der Waals surface area contributed by atoms with Crippen LogP contribution in [0.15, 0.2) is 91.1 Å². The van der Waals surface area contributed by atoms with Gasteiger partial charge in [-0.1, -0.05) is 53.8 Å². The molecule has 0 aliphatic carbocycles. The van der Waals surface area contributed by atoms with Crippen molar-refractivity contribution in [2.75, 3.05) is 7.11 Å². The Hall–Kier alpha value is -4.19. The Balaban J connectivity index is 1.29. The number of nitrogens with zero attached hydrogens (tertiary/aromatic N) is 3. The van der Waals surface area contributed by atoms with Gasteiger partial charge in [0.15, 0.2) is 5.78 Å². The highest BCUT2D eigenvalue weighted by molar-refractivity contribution is 6.06. The van der Waals surface area contributed by atoms with Gasteiger partial charge in [-0.05, 0) is 53.6 Å². The number of aromatic nitrogens is 3. The van der Waals surface area contributed by atoms with Crippen molar-refractivity contribution in [3.63, 3.8) is 0 Å². The first-order valence-corrected chi connectivity index (χ1v) is 10.2. The van der Waals surface area contributed by atoms with Crippen LogP contribution in [-0.2, 0) is 13.2 Å². The molecule has 0 radical (unpaired) electrons. The lowest BCUT2D eigenvalue weighted by Gasteiger charge is -2.04. The molecule has 1 heterocycles. The molecule has 0 aliphatic heterocycles. The second-order valence-electron chi connectivity index (χ2n) is 7.18. The van der Waals surface area contributed by atoms with Gasteiger partial charge in [0, 0.05) is 5.56 Å². The number of carbonyl (C=O) groups excluding carboxylic acids is 1. The summed E-state index contributed by atoms with van der Waals surface area (Å²) in [6.07, 6.45) is 5.23. The molecule has 4 rings (SSSR count). The predicted molar refractivity (Wildman–Crippen MR) is 123 cm³/mol. The molecule has 0 N–H and O–H groups in total. The molecule has 0 fully saturated rings. The van der Waals surface area contributed by atoms with Gasteiger partial charge in [-0.25, -0.2) is 4.68 Å². The van der Waals surface area contributed by atoms with Crippen LogP contribution in [0.3, 0.4) is 0 Å². The summed E-state index contributed by atoms with van der Waals surface area (Å²) < 4.78 is 12.7. The minimum absolute atomic E-state index is 0.0634. The molecule has 1 aromatic heterocycles. The van der Waals surface area contributed by atoms with Crippen LogP contribution in [-0.4, -0.2) is 27.9 Å². The number of allylic oxidation sites excluding steroid dienone is 1. The minimum atomic E-state index is -0.0634. The summed E-state index contributed by atoms with van der Waals surface area (Å²) in [6, 6.07) is 24.7. The molecular formula is C26H23N3O3. The Morgan fingerprint density at radius 1 is 0.938 bits per heavy atom. The minimum Gasteiger partial charge on any atom is -0.497 e. The molecule has 32 heavy (non-hydrogen) atoms. The molecule has 6 heteroatoms. The topological polar surface area (TPSA) is 66.2 Å². The van der Waals surface area contributed by atoms with E-state index >= 15 is 0 Å². The van der Waals surface area contributed by atoms with Crippen molar-refractivity contribution in [2.45, 2.75) is 13.2 Å². The average molecular weight is 425 g/mol. The monoisotopic (exact) mass is 425 g/mol. The first-order valence-electron chi connectivity index (χ1n) is 10.2. The number of ether oxygens (including phenoxy) is 2. The van der Waals surface area contributed by atoms with Gasteiger partial charge < -0.3 is 9.47 Å². The fraction of sp³-hybridized carbons (Fsp3) is 0.115. The smallest absolute Gasteiger partial charge is 0.185 e. The van der Waals surface area contributed by atoms with Crippen molar-refractivity contribution in [3.8, 4) is 11.5 Å². The van der Waals surface area contributed by atoms with E-state index in [1.807, 2.05) is 48.7 Å². The van der Waals surface area contributed by atoms with E-state index < -0.39 is 0 Å². The molecule has 0 bridgehead atoms. The molecule has 6 nitrogen and oxygen atoms in total. The van der Waals surface area contributed by atoms with Crippen LogP contribution in [0.2, 0.25) is 0 Å². The van der Waals surface area contributed by atoms with Crippen molar-refractivity contribution < 1.29 is 14.3 Å². The van der Waals surface area contributed by atoms with Crippen LogP contribution in [0.5, 0.6) is 11.5 Å². The molecule has 0 saturated carbocycles. The van der Waals surface area contributed by atoms with Gasteiger partial charge in [0.1, 0.15) is 23.8 Å². The van der Waals surface area contributed by atoms with Crippen molar-refractivity contribution in [1.82, 2.24) is 15.0 Å². The van der Waals surface area contributed by atoms with Gasteiger partial charge in [0.2, 0.25) is 0 Å². The molecule has 0 saturated heterocycles. The molecule has 0 aliphatic rings. The van der Waals surface area contributed by atoms with Gasteiger partial charge in [-0.2, -0.15) is 0 Å². The maximum atomic E-state index is 12.3. The zero-order valence-electron chi connectivity index (χ0n) is 17.7. The molecular weight excluding hydrogens is 402 g/mol. The second kappa shape index (κ2) is 10.2. The summed E-state index contributed by atoms with van der Waals surface area (Å²) in [6.45, 7) is 1.00. The lowest BCUT2D eigenvalue weighted by Crippen LogP contribution is -2.00. The predicted octanol–water partition coefficient (Wildman–Crippen LogP) is 4.81. The van der Waals surface area contributed by atoms with Crippen LogP contribution >= 0.6 is 0 Å². The van der Waals surface area contributed by atoms with Gasteiger partial charge >= 0.3 is 0 Å². The highest BCUT2D eigenvalue weighted by Crippen LogP contribution is 2.16. The molecule has 0 unspecified atom stereocenters. The Morgan fingerprint density at radius 3 is 2.38 bits per heavy atom. The van der Waals surface area contributed by atoms with E-state index in [1.54, 1.807) is 48.2 Å². The number of carbonyl (C=O) groups is 1. The second-order valence-corrected chi connectivity index (χ2v) is 7.18. The maximum absolute atomic E-state index is 12.3. The standard InChI is InChI=1S/C26H23N3O3/c1-31-24-14-10-22(11-15-24)26(30)16-9-20-7-12-25(13-8-20)32-19-23-18-29(28-27-23)17-21-5-3-2-4-6-21/h2-16,18H,17,19H2,1H3/b16-9+. The van der Waals surface area contributed by atoms with Crippen LogP contribution in [0.25, 0.3) is 6.08 Å². The summed E-state index contributed by atoms with van der Waals surface area (Å²) in [5, 5.41) is 8.32. The van der Waals surface area contributed by atoms with E-state index in [2.05, 4.69) is 22.4 Å². The summed E-state index contributed by atoms with van der Waals surface area (Å²) in [5.41, 5.74) is 3.45. The van der Waals surface area contributed by atoms with E-state index in [0.29, 0.717) is 18.7 Å². The summed E-state index contributed by atoms with van der Waals surface area (Å²) in [7, 11) is 1.60. The Kier molecular flexibility index (Phi) is 6.72. The molecule has 3 aromatic carbocycles. The fourth-order valence-corrected chi connectivity index (χ4v) is 3.11. The lowest BCUT2D eigenvalue weighted by molar-refractivity contribution is 0.104. The molecule has 160 valence electrons. The van der Waals surface area contributed by atoms with E-state index in [4.69, 9.17) is 9.47 Å². The van der Waals surface area contributed by atoms with E-state index in [-0.39, 0.29) is 5.78 Å². The number of hydrogen-bond donors (Lipinski definition) is 0. The third-order valence-electron chi connectivity index (χ3n) is 4.84. The summed E-state index contributed by atoms with van der Waals surface area (Å²) in [5.74, 6) is 1.38. The number of rotatable bonds is 9. The SMILES string of the molecule is COc1ccc(C(=O)/C=C/c2ccc(OCc3cn(Cc4ccccc4)nn3)cc2)cc1. The fourth-order valence-electron chi connectivity index (χ4n) is 3.11. The average Bonchev–Trinajstić information content (AvgIpc) is 3.29. The lowest BCUT2D eigenvalue weighted by atomic mass is 10.1. The van der Waals surface area contributed by atoms with Crippen LogP contribution < -0.4 is 9.47 Å². The highest BCUT2D eigenvalue weighted by Gasteiger charge is 2.04. The number of methoxy groups -OCH3 is 1. The van der Waals surface area contributed by atoms with Crippen LogP contribution in [0.1, 0.15) is 27.2 Å². The molecule has 4 aromatic rings. The van der Waals surface area contributed by atoms with E-state index in [9.17, 15) is 4.79 Å². The summed E-state index contributed by atoms with van der Waals surface area (Å²) >= 11 is 0. The van der Waals surface area contributed by atoms with Gasteiger partial charge in [-0.3, -0.25) is 4.79 Å². The van der Waals surface area contributed by atoms with Gasteiger partial charge in [0.05, 0.1) is 19.9 Å². The van der Waals surface area contributed by atoms with E-state index in [1.165, 1.54) is 5.56 Å². The molecule has 0 amide bonds. The third kappa shape index (κ3) is 5.70. The molecule has 0 spiro atoms. The number of benzene rings is 3. The Morgan fingerprint density at radius 2 is 1.66 bits per heavy atom. The van der Waals surface area contributed by atoms with Gasteiger partial charge in [-0.15, -0.1) is 5.10 Å². The quantitative estimate of drug-likeness (QED) is 0.284. The third-order valence-corrected chi connectivity index (χ3v) is 4.84. The largest absolute Gasteiger partial charge is 0.497 e. The van der Waals surface area contributed by atoms with Crippen LogP contribution in [0, 0.1) is 0 Å². The number of ketones is 1. The van der Waals surface area contributed by atoms with Gasteiger partial charge in [0.25, 0.3) is 0 Å². The summed E-state index contributed by atoms with van der Waals surface area (Å²) in [4.78, 5) is 12.3. The van der Waals surface area contributed by atoms with Crippen molar-refractivity contribution >= 4 is 11.9 Å². The van der Waals surface area contributed by atoms with E-state index in [0.717, 1.165) is 22.8 Å². The molecule has 0 atom stereocenters.